The molecule has 0 spiro atoms. The first-order chi connectivity index (χ1) is 11.5. The van der Waals surface area contributed by atoms with Crippen LogP contribution in [0.2, 0.25) is 0 Å². The van der Waals surface area contributed by atoms with Gasteiger partial charge in [0, 0.05) is 19.1 Å². The van der Waals surface area contributed by atoms with Gasteiger partial charge in [-0.15, -0.1) is 0 Å². The van der Waals surface area contributed by atoms with Gasteiger partial charge in [0.1, 0.15) is 11.3 Å². The number of aryl methyl sites for hydroxylation is 3. The summed E-state index contributed by atoms with van der Waals surface area (Å²) in [7, 11) is 0. The summed E-state index contributed by atoms with van der Waals surface area (Å²) >= 11 is 0. The van der Waals surface area contributed by atoms with Gasteiger partial charge in [0.15, 0.2) is 0 Å². The highest BCUT2D eigenvalue weighted by atomic mass is 16.5. The van der Waals surface area contributed by atoms with Crippen LogP contribution >= 0.6 is 0 Å². The zero-order valence-corrected chi connectivity index (χ0v) is 14.1. The van der Waals surface area contributed by atoms with Crippen LogP contribution < -0.4 is 10.9 Å². The fourth-order valence-electron chi connectivity index (χ4n) is 3.00. The summed E-state index contributed by atoms with van der Waals surface area (Å²) in [6.45, 7) is 6.66. The van der Waals surface area contributed by atoms with E-state index in [1.165, 1.54) is 0 Å². The molecule has 0 aromatic carbocycles. The van der Waals surface area contributed by atoms with Gasteiger partial charge < -0.3 is 14.5 Å². The molecule has 1 fully saturated rings. The minimum atomic E-state index is -0.604. The van der Waals surface area contributed by atoms with Gasteiger partial charge in [0.05, 0.1) is 17.1 Å². The molecular formula is C17H21N3O4. The van der Waals surface area contributed by atoms with E-state index in [-0.39, 0.29) is 11.5 Å². The lowest BCUT2D eigenvalue weighted by atomic mass is 9.95. The summed E-state index contributed by atoms with van der Waals surface area (Å²) in [5.74, 6) is 0.320. The van der Waals surface area contributed by atoms with Gasteiger partial charge in [-0.3, -0.25) is 9.89 Å². The number of H-pyrrole nitrogens is 1. The lowest BCUT2D eigenvalue weighted by molar-refractivity contribution is 0.0796. The maximum atomic E-state index is 12.5. The number of aromatic nitrogens is 2. The molecule has 1 saturated heterocycles. The van der Waals surface area contributed by atoms with E-state index in [0.717, 1.165) is 18.5 Å². The van der Waals surface area contributed by atoms with Crippen LogP contribution in [-0.2, 0) is 4.74 Å². The van der Waals surface area contributed by atoms with Crippen molar-refractivity contribution in [3.8, 4) is 0 Å². The van der Waals surface area contributed by atoms with Crippen molar-refractivity contribution >= 4 is 11.6 Å². The molecule has 3 rings (SSSR count). The zero-order chi connectivity index (χ0) is 17.3. The van der Waals surface area contributed by atoms with Gasteiger partial charge in [0.2, 0.25) is 0 Å². The first-order valence-electron chi connectivity index (χ1n) is 8.02. The molecule has 0 saturated carbocycles. The molecule has 24 heavy (non-hydrogen) atoms. The summed E-state index contributed by atoms with van der Waals surface area (Å²) in [5.41, 5.74) is 2.04. The maximum Gasteiger partial charge on any atom is 0.349 e. The van der Waals surface area contributed by atoms with Gasteiger partial charge in [0.25, 0.3) is 5.91 Å². The molecule has 7 nitrogen and oxygen atoms in total. The molecule has 0 atom stereocenters. The van der Waals surface area contributed by atoms with Crippen molar-refractivity contribution in [3.63, 3.8) is 0 Å². The maximum absolute atomic E-state index is 12.5. The molecule has 1 aliphatic rings. The Morgan fingerprint density at radius 2 is 2.00 bits per heavy atom. The third kappa shape index (κ3) is 3.12. The molecule has 0 aliphatic carbocycles. The molecule has 0 radical (unpaired) electrons. The van der Waals surface area contributed by atoms with Crippen molar-refractivity contribution in [1.29, 1.82) is 0 Å². The first-order valence-corrected chi connectivity index (χ1v) is 8.02. The fourth-order valence-corrected chi connectivity index (χ4v) is 3.00. The third-order valence-electron chi connectivity index (χ3n) is 4.39. The average Bonchev–Trinajstić information content (AvgIpc) is 2.87. The Labute approximate surface area is 139 Å². The predicted octanol–water partition coefficient (Wildman–Crippen LogP) is 2.43. The first kappa shape index (κ1) is 16.4. The van der Waals surface area contributed by atoms with Gasteiger partial charge in [-0.25, -0.2) is 4.79 Å². The number of rotatable bonds is 3. The molecule has 2 N–H and O–H groups in total. The number of anilines is 1. The SMILES string of the molecule is Cc1cc(C2CCOCC2)oc(=O)c1C(=O)Nc1c(C)n[nH]c1C. The van der Waals surface area contributed by atoms with Crippen LogP contribution in [0.5, 0.6) is 0 Å². The summed E-state index contributed by atoms with van der Waals surface area (Å²) < 4.78 is 10.8. The van der Waals surface area contributed by atoms with E-state index in [0.29, 0.717) is 35.9 Å². The highest BCUT2D eigenvalue weighted by Crippen LogP contribution is 2.27. The van der Waals surface area contributed by atoms with Crippen LogP contribution in [0.25, 0.3) is 0 Å². The Morgan fingerprint density at radius 1 is 1.29 bits per heavy atom. The molecule has 0 bridgehead atoms. The number of amides is 1. The standard InChI is InChI=1S/C17H21N3O4/c1-9-8-13(12-4-6-23-7-5-12)24-17(22)14(9)16(21)18-15-10(2)19-20-11(15)3/h8,12H,4-7H2,1-3H3,(H,18,21)(H,19,20). The van der Waals surface area contributed by atoms with Gasteiger partial charge >= 0.3 is 5.63 Å². The predicted molar refractivity (Wildman–Crippen MR) is 88.5 cm³/mol. The van der Waals surface area contributed by atoms with E-state index in [4.69, 9.17) is 9.15 Å². The van der Waals surface area contributed by atoms with E-state index in [2.05, 4.69) is 15.5 Å². The molecule has 0 unspecified atom stereocenters. The van der Waals surface area contributed by atoms with Crippen LogP contribution in [0.1, 0.15) is 51.8 Å². The smallest absolute Gasteiger partial charge is 0.349 e. The minimum absolute atomic E-state index is 0.0332. The van der Waals surface area contributed by atoms with Crippen LogP contribution in [0, 0.1) is 20.8 Å². The highest BCUT2D eigenvalue weighted by Gasteiger charge is 2.23. The van der Waals surface area contributed by atoms with E-state index < -0.39 is 11.5 Å². The molecular weight excluding hydrogens is 310 g/mol. The number of hydrogen-bond donors (Lipinski definition) is 2. The topological polar surface area (TPSA) is 97.2 Å². The van der Waals surface area contributed by atoms with Gasteiger partial charge in [-0.2, -0.15) is 5.10 Å². The normalized spacial score (nSPS) is 15.5. The minimum Gasteiger partial charge on any atom is -0.427 e. The second-order valence-corrected chi connectivity index (χ2v) is 6.14. The van der Waals surface area contributed by atoms with E-state index >= 15 is 0 Å². The number of nitrogens with zero attached hydrogens (tertiary/aromatic N) is 1. The second-order valence-electron chi connectivity index (χ2n) is 6.14. The Kier molecular flexibility index (Phi) is 4.53. The van der Waals surface area contributed by atoms with Crippen LogP contribution in [0.3, 0.4) is 0 Å². The van der Waals surface area contributed by atoms with Crippen molar-refractivity contribution in [2.45, 2.75) is 39.5 Å². The number of aromatic amines is 1. The van der Waals surface area contributed by atoms with Crippen molar-refractivity contribution < 1.29 is 13.9 Å². The summed E-state index contributed by atoms with van der Waals surface area (Å²) in [6, 6.07) is 1.79. The van der Waals surface area contributed by atoms with E-state index in [9.17, 15) is 9.59 Å². The fraction of sp³-hybridized carbons (Fsp3) is 0.471. The Morgan fingerprint density at radius 3 is 2.58 bits per heavy atom. The van der Waals surface area contributed by atoms with Crippen molar-refractivity contribution in [3.05, 3.63) is 44.8 Å². The molecule has 3 heterocycles. The summed E-state index contributed by atoms with van der Waals surface area (Å²) in [6.07, 6.45) is 1.64. The van der Waals surface area contributed by atoms with Crippen LogP contribution in [0.4, 0.5) is 5.69 Å². The van der Waals surface area contributed by atoms with Gasteiger partial charge in [-0.05, 0) is 45.2 Å². The molecule has 2 aromatic rings. The highest BCUT2D eigenvalue weighted by molar-refractivity contribution is 6.05. The molecule has 1 amide bonds. The Bertz CT molecular complexity index is 796. The van der Waals surface area contributed by atoms with E-state index in [1.807, 2.05) is 0 Å². The Balaban J connectivity index is 1.88. The number of nitrogens with one attached hydrogen (secondary N) is 2. The zero-order valence-electron chi connectivity index (χ0n) is 14.1. The quantitative estimate of drug-likeness (QED) is 0.900. The van der Waals surface area contributed by atoms with Crippen LogP contribution in [0.15, 0.2) is 15.3 Å². The molecule has 128 valence electrons. The van der Waals surface area contributed by atoms with Crippen molar-refractivity contribution in [2.24, 2.45) is 0 Å². The number of hydrogen-bond acceptors (Lipinski definition) is 5. The monoisotopic (exact) mass is 331 g/mol. The van der Waals surface area contributed by atoms with Crippen molar-refractivity contribution in [2.75, 3.05) is 18.5 Å². The molecule has 2 aromatic heterocycles. The number of carbonyl (C=O) groups is 1. The average molecular weight is 331 g/mol. The van der Waals surface area contributed by atoms with Crippen molar-refractivity contribution in [1.82, 2.24) is 10.2 Å². The lowest BCUT2D eigenvalue weighted by Gasteiger charge is -2.21. The Hall–Kier alpha value is -2.41. The third-order valence-corrected chi connectivity index (χ3v) is 4.39. The lowest BCUT2D eigenvalue weighted by Crippen LogP contribution is -2.24. The number of carbonyl (C=O) groups excluding carboxylic acids is 1. The van der Waals surface area contributed by atoms with Gasteiger partial charge in [-0.1, -0.05) is 0 Å². The summed E-state index contributed by atoms with van der Waals surface area (Å²) in [5, 5.41) is 9.57. The van der Waals surface area contributed by atoms with Crippen LogP contribution in [-0.4, -0.2) is 29.3 Å². The molecule has 1 aliphatic heterocycles. The largest absolute Gasteiger partial charge is 0.427 e. The number of ether oxygens (including phenoxy) is 1. The van der Waals surface area contributed by atoms with E-state index in [1.54, 1.807) is 26.8 Å². The molecule has 7 heteroatoms. The summed E-state index contributed by atoms with van der Waals surface area (Å²) in [4.78, 5) is 24.9. The second kappa shape index (κ2) is 6.60.